The SMILES string of the molecule is O=C1CCC(N2C(=O)c3ccc(OCCOCCOCc4ccc(-n5c(NC(=O)c6cccc(C(F)(F)F)c6)nc6cc(F)ccc65)cc4)cc3C2=O)C(=O)N1. The predicted octanol–water partition coefficient (Wildman–Crippen LogP) is 5.45. The van der Waals surface area contributed by atoms with Gasteiger partial charge in [0.2, 0.25) is 17.8 Å². The molecule has 56 heavy (non-hydrogen) atoms. The molecule has 2 N–H and O–H groups in total. The second-order valence-corrected chi connectivity index (χ2v) is 12.8. The normalized spacial score (nSPS) is 15.6. The lowest BCUT2D eigenvalue weighted by molar-refractivity contribution is -0.138. The fourth-order valence-electron chi connectivity index (χ4n) is 6.32. The zero-order valence-corrected chi connectivity index (χ0v) is 29.2. The number of hydrogen-bond acceptors (Lipinski definition) is 9. The molecular formula is C39H31F4N5O8. The van der Waals surface area contributed by atoms with Gasteiger partial charge in [-0.25, -0.2) is 9.37 Å². The van der Waals surface area contributed by atoms with Crippen molar-refractivity contribution in [2.75, 3.05) is 31.7 Å². The van der Waals surface area contributed by atoms with Crippen molar-refractivity contribution < 1.29 is 55.7 Å². The summed E-state index contributed by atoms with van der Waals surface area (Å²) in [5, 5.41) is 4.71. The quantitative estimate of drug-likeness (QED) is 0.0902. The van der Waals surface area contributed by atoms with E-state index in [1.54, 1.807) is 34.9 Å². The molecule has 2 aliphatic rings. The van der Waals surface area contributed by atoms with E-state index in [-0.39, 0.29) is 74.0 Å². The summed E-state index contributed by atoms with van der Waals surface area (Å²) < 4.78 is 72.3. The molecule has 0 saturated carbocycles. The van der Waals surface area contributed by atoms with Crippen LogP contribution in [0.15, 0.2) is 84.9 Å². The van der Waals surface area contributed by atoms with Gasteiger partial charge in [-0.05, 0) is 72.6 Å². The summed E-state index contributed by atoms with van der Waals surface area (Å²) in [6.45, 7) is 1.05. The standard InChI is InChI=1S/C39H31F4N5O8/c40-25-6-11-31-30(19-25)44-38(46-34(50)23-2-1-3-24(18-23)39(41,42)43)47(31)26-7-4-22(5-8-26)21-55-15-14-54-16-17-56-27-9-10-28-29(20-27)37(53)48(36(28)52)32-12-13-33(49)45-35(32)51/h1-11,18-20,32H,12-17,21H2,(H,44,46,50)(H,45,49,51). The van der Waals surface area contributed by atoms with Gasteiger partial charge in [0.1, 0.15) is 24.2 Å². The van der Waals surface area contributed by atoms with Crippen LogP contribution in [0.2, 0.25) is 0 Å². The van der Waals surface area contributed by atoms with Crippen LogP contribution in [-0.4, -0.2) is 76.5 Å². The molecule has 0 radical (unpaired) electrons. The zero-order valence-electron chi connectivity index (χ0n) is 29.2. The van der Waals surface area contributed by atoms with E-state index in [0.717, 1.165) is 28.7 Å². The lowest BCUT2D eigenvalue weighted by Crippen LogP contribution is -2.54. The lowest BCUT2D eigenvalue weighted by Gasteiger charge is -2.27. The summed E-state index contributed by atoms with van der Waals surface area (Å²) in [5.41, 5.74) is 1.05. The van der Waals surface area contributed by atoms with Gasteiger partial charge in [-0.3, -0.25) is 44.1 Å². The second-order valence-electron chi connectivity index (χ2n) is 12.8. The number of nitrogens with one attached hydrogen (secondary N) is 2. The molecule has 2 aliphatic heterocycles. The minimum absolute atomic E-state index is 0.0191. The number of rotatable bonds is 13. The fraction of sp³-hybridized carbons (Fsp3) is 0.231. The molecule has 1 unspecified atom stereocenters. The number of carbonyl (C=O) groups excluding carboxylic acids is 5. The molecule has 4 aromatic carbocycles. The van der Waals surface area contributed by atoms with Crippen LogP contribution in [0.1, 0.15) is 55.0 Å². The predicted molar refractivity (Wildman–Crippen MR) is 190 cm³/mol. The van der Waals surface area contributed by atoms with Gasteiger partial charge in [0.15, 0.2) is 0 Å². The molecular weight excluding hydrogens is 742 g/mol. The first-order valence-electron chi connectivity index (χ1n) is 17.3. The number of nitrogens with zero attached hydrogens (tertiary/aromatic N) is 3. The number of alkyl halides is 3. The van der Waals surface area contributed by atoms with Gasteiger partial charge in [0.05, 0.1) is 54.2 Å². The molecule has 7 rings (SSSR count). The van der Waals surface area contributed by atoms with E-state index in [0.29, 0.717) is 17.0 Å². The highest BCUT2D eigenvalue weighted by atomic mass is 19.4. The van der Waals surface area contributed by atoms with Gasteiger partial charge in [0.25, 0.3) is 17.7 Å². The molecule has 17 heteroatoms. The average molecular weight is 774 g/mol. The molecule has 5 amide bonds. The van der Waals surface area contributed by atoms with Gasteiger partial charge in [0, 0.05) is 23.7 Å². The third-order valence-electron chi connectivity index (χ3n) is 9.04. The largest absolute Gasteiger partial charge is 0.491 e. The number of aromatic nitrogens is 2. The number of amides is 5. The zero-order chi connectivity index (χ0) is 39.6. The van der Waals surface area contributed by atoms with Crippen molar-refractivity contribution in [2.24, 2.45) is 0 Å². The molecule has 13 nitrogen and oxygen atoms in total. The summed E-state index contributed by atoms with van der Waals surface area (Å²) in [4.78, 5) is 67.9. The first-order valence-corrected chi connectivity index (χ1v) is 17.3. The molecule has 1 fully saturated rings. The molecule has 0 bridgehead atoms. The molecule has 288 valence electrons. The minimum Gasteiger partial charge on any atom is -0.491 e. The highest BCUT2D eigenvalue weighted by Crippen LogP contribution is 2.32. The van der Waals surface area contributed by atoms with Crippen LogP contribution in [0.4, 0.5) is 23.5 Å². The molecule has 0 aliphatic carbocycles. The Morgan fingerprint density at radius 2 is 1.61 bits per heavy atom. The Kier molecular flexibility index (Phi) is 10.6. The fourth-order valence-corrected chi connectivity index (χ4v) is 6.32. The molecule has 1 atom stereocenters. The molecule has 0 spiro atoms. The van der Waals surface area contributed by atoms with Crippen LogP contribution in [-0.2, 0) is 31.8 Å². The Bertz CT molecular complexity index is 2360. The van der Waals surface area contributed by atoms with Crippen molar-refractivity contribution >= 4 is 46.5 Å². The van der Waals surface area contributed by atoms with E-state index >= 15 is 0 Å². The van der Waals surface area contributed by atoms with Gasteiger partial charge >= 0.3 is 6.18 Å². The third kappa shape index (κ3) is 7.99. The second kappa shape index (κ2) is 15.7. The summed E-state index contributed by atoms with van der Waals surface area (Å²) in [5.74, 6) is -3.45. The Hall–Kier alpha value is -6.46. The Morgan fingerprint density at radius 1 is 0.857 bits per heavy atom. The van der Waals surface area contributed by atoms with E-state index in [1.807, 2.05) is 0 Å². The maximum Gasteiger partial charge on any atom is 0.416 e. The molecule has 5 aromatic rings. The summed E-state index contributed by atoms with van der Waals surface area (Å²) in [7, 11) is 0. The van der Waals surface area contributed by atoms with E-state index in [9.17, 15) is 41.5 Å². The lowest BCUT2D eigenvalue weighted by atomic mass is 10.0. The number of piperidine rings is 1. The Labute approximate surface area is 315 Å². The van der Waals surface area contributed by atoms with Gasteiger partial charge in [-0.15, -0.1) is 0 Å². The van der Waals surface area contributed by atoms with E-state index < -0.39 is 53.1 Å². The van der Waals surface area contributed by atoms with E-state index in [2.05, 4.69) is 15.6 Å². The summed E-state index contributed by atoms with van der Waals surface area (Å²) >= 11 is 0. The monoisotopic (exact) mass is 773 g/mol. The van der Waals surface area contributed by atoms with E-state index in [1.165, 1.54) is 36.4 Å². The van der Waals surface area contributed by atoms with Crippen molar-refractivity contribution in [1.29, 1.82) is 0 Å². The number of ether oxygens (including phenoxy) is 3. The number of fused-ring (bicyclic) bond motifs is 2. The number of imidazole rings is 1. The minimum atomic E-state index is -4.64. The van der Waals surface area contributed by atoms with Crippen molar-refractivity contribution in [3.63, 3.8) is 0 Å². The van der Waals surface area contributed by atoms with Crippen LogP contribution in [0.25, 0.3) is 16.7 Å². The smallest absolute Gasteiger partial charge is 0.416 e. The number of hydrogen-bond donors (Lipinski definition) is 2. The molecule has 1 aromatic heterocycles. The van der Waals surface area contributed by atoms with Gasteiger partial charge in [-0.2, -0.15) is 13.2 Å². The van der Waals surface area contributed by atoms with Crippen molar-refractivity contribution in [3.8, 4) is 11.4 Å². The number of halogens is 4. The summed E-state index contributed by atoms with van der Waals surface area (Å²) in [6.07, 6.45) is -4.55. The van der Waals surface area contributed by atoms with Gasteiger partial charge < -0.3 is 14.2 Å². The number of anilines is 1. The van der Waals surface area contributed by atoms with Crippen LogP contribution >= 0.6 is 0 Å². The van der Waals surface area contributed by atoms with E-state index in [4.69, 9.17) is 14.2 Å². The van der Waals surface area contributed by atoms with Crippen LogP contribution in [0.5, 0.6) is 5.75 Å². The highest BCUT2D eigenvalue weighted by molar-refractivity contribution is 6.23. The third-order valence-corrected chi connectivity index (χ3v) is 9.04. The molecule has 3 heterocycles. The Balaban J connectivity index is 0.888. The Morgan fingerprint density at radius 3 is 2.38 bits per heavy atom. The van der Waals surface area contributed by atoms with Crippen LogP contribution in [0, 0.1) is 5.82 Å². The van der Waals surface area contributed by atoms with Crippen molar-refractivity contribution in [2.45, 2.75) is 31.7 Å². The number of imide groups is 2. The van der Waals surface area contributed by atoms with Crippen molar-refractivity contribution in [1.82, 2.24) is 19.8 Å². The topological polar surface area (TPSA) is 158 Å². The van der Waals surface area contributed by atoms with Crippen LogP contribution in [0.3, 0.4) is 0 Å². The van der Waals surface area contributed by atoms with Crippen LogP contribution < -0.4 is 15.4 Å². The van der Waals surface area contributed by atoms with Crippen molar-refractivity contribution in [3.05, 3.63) is 119 Å². The first kappa shape index (κ1) is 37.8. The summed E-state index contributed by atoms with van der Waals surface area (Å²) in [6, 6.07) is 18.2. The number of carbonyl (C=O) groups is 5. The maximum atomic E-state index is 14.1. The molecule has 1 saturated heterocycles. The maximum absolute atomic E-state index is 14.1. The average Bonchev–Trinajstić information content (AvgIpc) is 3.64. The number of benzene rings is 4. The highest BCUT2D eigenvalue weighted by Gasteiger charge is 2.44. The van der Waals surface area contributed by atoms with Gasteiger partial charge in [-0.1, -0.05) is 18.2 Å². The first-order chi connectivity index (χ1) is 26.9.